The van der Waals surface area contributed by atoms with Gasteiger partial charge < -0.3 is 15.4 Å². The monoisotopic (exact) mass is 384 g/mol. The molecule has 1 N–H and O–H groups in total. The van der Waals surface area contributed by atoms with Crippen LogP contribution in [-0.2, 0) is 17.8 Å². The molecule has 0 unspecified atom stereocenters. The van der Waals surface area contributed by atoms with E-state index in [9.17, 15) is 14.9 Å². The van der Waals surface area contributed by atoms with Gasteiger partial charge in [0.05, 0.1) is 23.4 Å². The number of hydrogen-bond acceptors (Lipinski definition) is 5. The number of benzene rings is 1. The van der Waals surface area contributed by atoms with Gasteiger partial charge in [0.25, 0.3) is 0 Å². The molecule has 140 valence electrons. The van der Waals surface area contributed by atoms with Crippen LogP contribution in [0.3, 0.4) is 0 Å². The van der Waals surface area contributed by atoms with E-state index in [-0.39, 0.29) is 24.3 Å². The summed E-state index contributed by atoms with van der Waals surface area (Å²) in [7, 11) is 0. The van der Waals surface area contributed by atoms with Gasteiger partial charge in [0.15, 0.2) is 0 Å². The molecule has 0 aliphatic rings. The molecule has 1 amide bonds. The van der Waals surface area contributed by atoms with Crippen LogP contribution in [0.1, 0.15) is 35.4 Å². The Hall–Kier alpha value is -3.00. The maximum absolute atomic E-state index is 12.5. The van der Waals surface area contributed by atoms with Gasteiger partial charge in [0.2, 0.25) is 5.91 Å². The van der Waals surface area contributed by atoms with E-state index in [4.69, 9.17) is 0 Å². The smallest absolute Gasteiger partial charge is 0.358 e. The lowest BCUT2D eigenvalue weighted by atomic mass is 10.0. The van der Waals surface area contributed by atoms with Crippen molar-refractivity contribution in [3.63, 3.8) is 0 Å². The van der Waals surface area contributed by atoms with Crippen LogP contribution < -0.4 is 5.32 Å². The quantitative estimate of drug-likeness (QED) is 0.473. The number of nitro groups is 1. The number of thiophene rings is 1. The number of nitrogens with one attached hydrogen (secondary N) is 1. The fraction of sp³-hybridized carbons (Fsp3) is 0.263. The molecule has 2 heterocycles. The highest BCUT2D eigenvalue weighted by atomic mass is 32.1. The standard InChI is InChI=1S/C19H20N4O3S/c1-2-4-14-6-8-15(9-7-14)19(16-5-3-12-27-16)20-18(24)13-22-11-10-17(21-22)23(25)26/h3,5-12,19H,2,4,13H2,1H3,(H,20,24)/t19-/m0/s1. The van der Waals surface area contributed by atoms with Crippen LogP contribution in [0.2, 0.25) is 0 Å². The Morgan fingerprint density at radius 3 is 2.67 bits per heavy atom. The molecule has 1 atom stereocenters. The van der Waals surface area contributed by atoms with E-state index in [1.165, 1.54) is 22.5 Å². The molecular formula is C19H20N4O3S. The highest BCUT2D eigenvalue weighted by Crippen LogP contribution is 2.26. The van der Waals surface area contributed by atoms with Gasteiger partial charge in [-0.25, -0.2) is 0 Å². The summed E-state index contributed by atoms with van der Waals surface area (Å²) in [6.07, 6.45) is 3.53. The lowest BCUT2D eigenvalue weighted by Crippen LogP contribution is -2.32. The first-order chi connectivity index (χ1) is 13.1. The Bertz CT molecular complexity index is 903. The zero-order valence-corrected chi connectivity index (χ0v) is 15.7. The number of carbonyl (C=O) groups excluding carboxylic acids is 1. The van der Waals surface area contributed by atoms with Gasteiger partial charge >= 0.3 is 5.82 Å². The second-order valence-corrected chi connectivity index (χ2v) is 7.12. The van der Waals surface area contributed by atoms with Crippen LogP contribution >= 0.6 is 11.3 Å². The molecule has 27 heavy (non-hydrogen) atoms. The van der Waals surface area contributed by atoms with Gasteiger partial charge in [-0.05, 0) is 33.9 Å². The van der Waals surface area contributed by atoms with Crippen molar-refractivity contribution in [2.45, 2.75) is 32.4 Å². The van der Waals surface area contributed by atoms with Crippen LogP contribution in [0.15, 0.2) is 54.0 Å². The van der Waals surface area contributed by atoms with Crippen molar-refractivity contribution >= 4 is 23.1 Å². The van der Waals surface area contributed by atoms with Gasteiger partial charge in [-0.1, -0.05) is 43.7 Å². The van der Waals surface area contributed by atoms with Crippen molar-refractivity contribution in [3.05, 3.63) is 80.2 Å². The Balaban J connectivity index is 1.75. The molecule has 7 nitrogen and oxygen atoms in total. The summed E-state index contributed by atoms with van der Waals surface area (Å²) >= 11 is 1.57. The Labute approximate surface area is 160 Å². The summed E-state index contributed by atoms with van der Waals surface area (Å²) in [6.45, 7) is 2.06. The predicted molar refractivity (Wildman–Crippen MR) is 104 cm³/mol. The van der Waals surface area contributed by atoms with Gasteiger partial charge in [-0.3, -0.25) is 4.79 Å². The Morgan fingerprint density at radius 2 is 2.07 bits per heavy atom. The summed E-state index contributed by atoms with van der Waals surface area (Å²) in [4.78, 5) is 23.7. The number of aryl methyl sites for hydroxylation is 1. The molecule has 0 saturated heterocycles. The Morgan fingerprint density at radius 1 is 1.30 bits per heavy atom. The van der Waals surface area contributed by atoms with Gasteiger partial charge in [-0.15, -0.1) is 11.3 Å². The number of nitrogens with zero attached hydrogens (tertiary/aromatic N) is 3. The molecule has 2 aromatic heterocycles. The lowest BCUT2D eigenvalue weighted by molar-refractivity contribution is -0.389. The molecule has 0 saturated carbocycles. The molecule has 0 aliphatic carbocycles. The van der Waals surface area contributed by atoms with E-state index >= 15 is 0 Å². The third-order valence-electron chi connectivity index (χ3n) is 4.10. The summed E-state index contributed by atoms with van der Waals surface area (Å²) in [5.74, 6) is -0.534. The molecule has 0 radical (unpaired) electrons. The molecule has 0 bridgehead atoms. The van der Waals surface area contributed by atoms with Crippen LogP contribution in [0.4, 0.5) is 5.82 Å². The second-order valence-electron chi connectivity index (χ2n) is 6.14. The van der Waals surface area contributed by atoms with Crippen molar-refractivity contribution < 1.29 is 9.72 Å². The average molecular weight is 384 g/mol. The third-order valence-corrected chi connectivity index (χ3v) is 5.04. The largest absolute Gasteiger partial charge is 0.389 e. The fourth-order valence-corrected chi connectivity index (χ4v) is 3.63. The summed E-state index contributed by atoms with van der Waals surface area (Å²) in [6, 6.07) is 13.2. The van der Waals surface area contributed by atoms with Crippen LogP contribution in [0, 0.1) is 10.1 Å². The first-order valence-electron chi connectivity index (χ1n) is 8.66. The topological polar surface area (TPSA) is 90.1 Å². The maximum Gasteiger partial charge on any atom is 0.389 e. The van der Waals surface area contributed by atoms with Gasteiger partial charge in [0.1, 0.15) is 6.54 Å². The number of hydrogen-bond donors (Lipinski definition) is 1. The first kappa shape index (κ1) is 18.8. The minimum Gasteiger partial charge on any atom is -0.358 e. The van der Waals surface area contributed by atoms with E-state index in [0.29, 0.717) is 0 Å². The minimum absolute atomic E-state index is 0.0797. The zero-order valence-electron chi connectivity index (χ0n) is 14.9. The van der Waals surface area contributed by atoms with Crippen LogP contribution in [-0.4, -0.2) is 20.6 Å². The van der Waals surface area contributed by atoms with E-state index in [0.717, 1.165) is 23.3 Å². The van der Waals surface area contributed by atoms with E-state index < -0.39 is 4.92 Å². The lowest BCUT2D eigenvalue weighted by Gasteiger charge is -2.18. The van der Waals surface area contributed by atoms with Crippen molar-refractivity contribution in [1.82, 2.24) is 15.1 Å². The molecular weight excluding hydrogens is 364 g/mol. The third kappa shape index (κ3) is 4.79. The SMILES string of the molecule is CCCc1ccc([C@H](NC(=O)Cn2ccc([N+](=O)[O-])n2)c2cccs2)cc1. The molecule has 1 aromatic carbocycles. The number of rotatable bonds is 8. The van der Waals surface area contributed by atoms with Gasteiger partial charge in [0, 0.05) is 4.88 Å². The first-order valence-corrected chi connectivity index (χ1v) is 9.54. The zero-order chi connectivity index (χ0) is 19.2. The summed E-state index contributed by atoms with van der Waals surface area (Å²) in [5, 5.41) is 19.5. The molecule has 0 fully saturated rings. The van der Waals surface area contributed by atoms with E-state index in [1.54, 1.807) is 11.3 Å². The number of amides is 1. The molecule has 3 rings (SSSR count). The maximum atomic E-state index is 12.5. The number of aromatic nitrogens is 2. The molecule has 0 aliphatic heterocycles. The Kier molecular flexibility index (Phi) is 5.97. The fourth-order valence-electron chi connectivity index (χ4n) is 2.83. The summed E-state index contributed by atoms with van der Waals surface area (Å²) in [5.41, 5.74) is 2.26. The van der Waals surface area contributed by atoms with Crippen molar-refractivity contribution in [2.24, 2.45) is 0 Å². The van der Waals surface area contributed by atoms with Crippen molar-refractivity contribution in [3.8, 4) is 0 Å². The molecule has 0 spiro atoms. The summed E-state index contributed by atoms with van der Waals surface area (Å²) < 4.78 is 1.27. The predicted octanol–water partition coefficient (Wildman–Crippen LogP) is 3.71. The van der Waals surface area contributed by atoms with E-state index in [2.05, 4.69) is 29.5 Å². The highest BCUT2D eigenvalue weighted by molar-refractivity contribution is 7.10. The van der Waals surface area contributed by atoms with E-state index in [1.807, 2.05) is 29.6 Å². The molecule has 8 heteroatoms. The van der Waals surface area contributed by atoms with Crippen molar-refractivity contribution in [1.29, 1.82) is 0 Å². The van der Waals surface area contributed by atoms with Crippen molar-refractivity contribution in [2.75, 3.05) is 0 Å². The normalized spacial score (nSPS) is 11.9. The van der Waals surface area contributed by atoms with Gasteiger partial charge in [-0.2, -0.15) is 4.68 Å². The van der Waals surface area contributed by atoms with Crippen LogP contribution in [0.25, 0.3) is 0 Å². The second kappa shape index (κ2) is 8.59. The van der Waals surface area contributed by atoms with Crippen LogP contribution in [0.5, 0.6) is 0 Å². The molecule has 3 aromatic rings. The highest BCUT2D eigenvalue weighted by Gasteiger charge is 2.20. The number of carbonyl (C=O) groups is 1. The minimum atomic E-state index is -0.583. The average Bonchev–Trinajstić information content (AvgIpc) is 3.33.